The van der Waals surface area contributed by atoms with E-state index in [2.05, 4.69) is 15.5 Å². The number of benzene rings is 1. The van der Waals surface area contributed by atoms with Crippen molar-refractivity contribution in [2.45, 2.75) is 19.5 Å². The molecule has 3 N–H and O–H groups in total. The first-order valence-corrected chi connectivity index (χ1v) is 6.69. The maximum absolute atomic E-state index is 9.77. The zero-order valence-electron chi connectivity index (χ0n) is 11.6. The number of rotatable bonds is 4. The van der Waals surface area contributed by atoms with Crippen LogP contribution in [0.3, 0.4) is 0 Å². The first-order valence-electron chi connectivity index (χ1n) is 6.69. The largest absolute Gasteiger partial charge is 0.508 e. The van der Waals surface area contributed by atoms with E-state index < -0.39 is 0 Å². The van der Waals surface area contributed by atoms with Crippen molar-refractivity contribution in [2.24, 2.45) is 0 Å². The van der Waals surface area contributed by atoms with Gasteiger partial charge in [0, 0.05) is 24.4 Å². The molecule has 6 nitrogen and oxygen atoms in total. The minimum absolute atomic E-state index is 0.0318. The minimum atomic E-state index is -0.0318. The number of hydrogen-bond acceptors (Lipinski definition) is 5. The second-order valence-electron chi connectivity index (χ2n) is 4.90. The van der Waals surface area contributed by atoms with Crippen LogP contribution in [0.5, 0.6) is 11.5 Å². The summed E-state index contributed by atoms with van der Waals surface area (Å²) in [4.78, 5) is 0. The SMILES string of the molecule is CC(NCc1ccc(O)cc1O)c1nnc2ccccn12. The van der Waals surface area contributed by atoms with Gasteiger partial charge >= 0.3 is 0 Å². The highest BCUT2D eigenvalue weighted by Gasteiger charge is 2.13. The van der Waals surface area contributed by atoms with Crippen molar-refractivity contribution in [2.75, 3.05) is 0 Å². The number of hydrogen-bond donors (Lipinski definition) is 3. The van der Waals surface area contributed by atoms with Gasteiger partial charge in [0.05, 0.1) is 6.04 Å². The Hall–Kier alpha value is -2.60. The molecule has 21 heavy (non-hydrogen) atoms. The Morgan fingerprint density at radius 2 is 2.05 bits per heavy atom. The van der Waals surface area contributed by atoms with Crippen LogP contribution in [0.15, 0.2) is 42.6 Å². The van der Waals surface area contributed by atoms with Gasteiger partial charge in [-0.3, -0.25) is 4.40 Å². The Balaban J connectivity index is 1.76. The number of pyridine rings is 1. The Bertz CT molecular complexity index is 769. The van der Waals surface area contributed by atoms with E-state index in [1.807, 2.05) is 35.7 Å². The molecular weight excluding hydrogens is 268 g/mol. The molecule has 0 aliphatic rings. The molecule has 0 aliphatic heterocycles. The van der Waals surface area contributed by atoms with Crippen LogP contribution in [0.1, 0.15) is 24.4 Å². The van der Waals surface area contributed by atoms with Gasteiger partial charge in [-0.15, -0.1) is 10.2 Å². The molecule has 2 heterocycles. The predicted molar refractivity (Wildman–Crippen MR) is 78.0 cm³/mol. The number of phenols is 2. The molecule has 0 bridgehead atoms. The van der Waals surface area contributed by atoms with Crippen LogP contribution in [0.4, 0.5) is 0 Å². The number of nitrogens with zero attached hydrogens (tertiary/aromatic N) is 3. The maximum atomic E-state index is 9.77. The van der Waals surface area contributed by atoms with Crippen molar-refractivity contribution < 1.29 is 10.2 Å². The van der Waals surface area contributed by atoms with Gasteiger partial charge in [-0.1, -0.05) is 12.1 Å². The standard InChI is InChI=1S/C15H16N4O2/c1-10(15-18-17-14-4-2-3-7-19(14)15)16-9-11-5-6-12(20)8-13(11)21/h2-8,10,16,20-21H,9H2,1H3. The summed E-state index contributed by atoms with van der Waals surface area (Å²) in [6.45, 7) is 2.45. The van der Waals surface area contributed by atoms with E-state index in [1.54, 1.807) is 12.1 Å². The zero-order valence-corrected chi connectivity index (χ0v) is 11.6. The van der Waals surface area contributed by atoms with Crippen LogP contribution in [0, 0.1) is 0 Å². The average molecular weight is 284 g/mol. The van der Waals surface area contributed by atoms with Gasteiger partial charge in [0.2, 0.25) is 0 Å². The summed E-state index contributed by atoms with van der Waals surface area (Å²) >= 11 is 0. The lowest BCUT2D eigenvalue weighted by molar-refractivity contribution is 0.440. The van der Waals surface area contributed by atoms with Gasteiger partial charge < -0.3 is 15.5 Å². The van der Waals surface area contributed by atoms with Crippen molar-refractivity contribution in [1.82, 2.24) is 19.9 Å². The Morgan fingerprint density at radius 1 is 1.19 bits per heavy atom. The van der Waals surface area contributed by atoms with Crippen molar-refractivity contribution in [3.8, 4) is 11.5 Å². The Kier molecular flexibility index (Phi) is 3.45. The fraction of sp³-hybridized carbons (Fsp3) is 0.200. The summed E-state index contributed by atoms with van der Waals surface area (Å²) in [7, 11) is 0. The molecule has 0 amide bonds. The number of fused-ring (bicyclic) bond motifs is 1. The smallest absolute Gasteiger partial charge is 0.160 e. The highest BCUT2D eigenvalue weighted by Crippen LogP contribution is 2.23. The molecule has 0 spiro atoms. The molecular formula is C15H16N4O2. The van der Waals surface area contributed by atoms with Gasteiger partial charge in [0.15, 0.2) is 11.5 Å². The van der Waals surface area contributed by atoms with Gasteiger partial charge in [0.25, 0.3) is 0 Å². The lowest BCUT2D eigenvalue weighted by atomic mass is 10.2. The van der Waals surface area contributed by atoms with E-state index in [1.165, 1.54) is 6.07 Å². The molecule has 1 unspecified atom stereocenters. The molecule has 0 fully saturated rings. The fourth-order valence-electron chi connectivity index (χ4n) is 2.21. The van der Waals surface area contributed by atoms with E-state index >= 15 is 0 Å². The van der Waals surface area contributed by atoms with E-state index in [-0.39, 0.29) is 17.5 Å². The van der Waals surface area contributed by atoms with E-state index in [0.29, 0.717) is 12.1 Å². The predicted octanol–water partition coefficient (Wildman–Crippen LogP) is 1.99. The molecule has 0 aliphatic carbocycles. The highest BCUT2D eigenvalue weighted by molar-refractivity contribution is 5.39. The Morgan fingerprint density at radius 3 is 2.86 bits per heavy atom. The zero-order chi connectivity index (χ0) is 14.8. The number of aromatic nitrogens is 3. The normalized spacial score (nSPS) is 12.6. The molecule has 3 aromatic rings. The lowest BCUT2D eigenvalue weighted by Gasteiger charge is -2.13. The molecule has 0 radical (unpaired) electrons. The van der Waals surface area contributed by atoms with Crippen LogP contribution in [-0.4, -0.2) is 24.8 Å². The van der Waals surface area contributed by atoms with Crippen LogP contribution in [0.2, 0.25) is 0 Å². The van der Waals surface area contributed by atoms with Gasteiger partial charge in [0.1, 0.15) is 11.5 Å². The summed E-state index contributed by atoms with van der Waals surface area (Å²) in [5.41, 5.74) is 1.52. The third-order valence-electron chi connectivity index (χ3n) is 3.39. The molecule has 2 aromatic heterocycles. The quantitative estimate of drug-likeness (QED) is 0.682. The van der Waals surface area contributed by atoms with Gasteiger partial charge in [-0.05, 0) is 25.1 Å². The third-order valence-corrected chi connectivity index (χ3v) is 3.39. The third kappa shape index (κ3) is 2.66. The fourth-order valence-corrected chi connectivity index (χ4v) is 2.21. The Labute approximate surface area is 121 Å². The van der Waals surface area contributed by atoms with Crippen LogP contribution >= 0.6 is 0 Å². The summed E-state index contributed by atoms with van der Waals surface area (Å²) in [5, 5.41) is 30.7. The van der Waals surface area contributed by atoms with Crippen LogP contribution in [0.25, 0.3) is 5.65 Å². The van der Waals surface area contributed by atoms with Crippen molar-refractivity contribution in [3.63, 3.8) is 0 Å². The van der Waals surface area contributed by atoms with Gasteiger partial charge in [-0.2, -0.15) is 0 Å². The highest BCUT2D eigenvalue weighted by atomic mass is 16.3. The molecule has 108 valence electrons. The minimum Gasteiger partial charge on any atom is -0.508 e. The molecule has 0 saturated carbocycles. The second-order valence-corrected chi connectivity index (χ2v) is 4.90. The summed E-state index contributed by atoms with van der Waals surface area (Å²) in [6.07, 6.45) is 1.92. The van der Waals surface area contributed by atoms with Crippen molar-refractivity contribution in [1.29, 1.82) is 0 Å². The first-order chi connectivity index (χ1) is 10.1. The summed E-state index contributed by atoms with van der Waals surface area (Å²) < 4.78 is 1.92. The van der Waals surface area contributed by atoms with Gasteiger partial charge in [-0.25, -0.2) is 0 Å². The van der Waals surface area contributed by atoms with Crippen molar-refractivity contribution >= 4 is 5.65 Å². The summed E-state index contributed by atoms with van der Waals surface area (Å²) in [6, 6.07) is 10.3. The van der Waals surface area contributed by atoms with Crippen LogP contribution < -0.4 is 5.32 Å². The molecule has 6 heteroatoms. The number of aromatic hydroxyl groups is 2. The topological polar surface area (TPSA) is 82.7 Å². The maximum Gasteiger partial charge on any atom is 0.160 e. The average Bonchev–Trinajstić information content (AvgIpc) is 2.90. The number of nitrogens with one attached hydrogen (secondary N) is 1. The molecule has 0 saturated heterocycles. The second kappa shape index (κ2) is 5.41. The summed E-state index contributed by atoms with van der Waals surface area (Å²) in [5.74, 6) is 0.928. The van der Waals surface area contributed by atoms with E-state index in [0.717, 1.165) is 11.5 Å². The first kappa shape index (κ1) is 13.4. The number of phenolic OH excluding ortho intramolecular Hbond substituents is 2. The molecule has 3 rings (SSSR count). The van der Waals surface area contributed by atoms with E-state index in [4.69, 9.17) is 0 Å². The molecule has 1 aromatic carbocycles. The van der Waals surface area contributed by atoms with Crippen LogP contribution in [-0.2, 0) is 6.54 Å². The van der Waals surface area contributed by atoms with Crippen molar-refractivity contribution in [3.05, 3.63) is 54.0 Å². The molecule has 1 atom stereocenters. The van der Waals surface area contributed by atoms with E-state index in [9.17, 15) is 10.2 Å². The monoisotopic (exact) mass is 284 g/mol. The lowest BCUT2D eigenvalue weighted by Crippen LogP contribution is -2.20.